The van der Waals surface area contributed by atoms with Gasteiger partial charge in [-0.05, 0) is 54.1 Å². The number of halogens is 2. The molecule has 2 saturated heterocycles. The molecule has 0 unspecified atom stereocenters. The number of hydroxylamine groups is 1. The number of anilines is 2. The van der Waals surface area contributed by atoms with Gasteiger partial charge in [-0.2, -0.15) is 0 Å². The van der Waals surface area contributed by atoms with E-state index in [1.807, 2.05) is 54.6 Å². The molecule has 7 heteroatoms. The van der Waals surface area contributed by atoms with E-state index in [4.69, 9.17) is 16.4 Å². The summed E-state index contributed by atoms with van der Waals surface area (Å²) in [5.41, 5.74) is 2.18. The number of para-hydroxylation sites is 1. The predicted octanol–water partition coefficient (Wildman–Crippen LogP) is 5.15. The molecule has 3 aromatic carbocycles. The number of amides is 2. The van der Waals surface area contributed by atoms with Crippen LogP contribution in [0.15, 0.2) is 83.3 Å². The normalized spacial score (nSPS) is 23.2. The molecule has 0 N–H and O–H groups in total. The highest BCUT2D eigenvalue weighted by Crippen LogP contribution is 2.47. The summed E-state index contributed by atoms with van der Waals surface area (Å²) in [6.45, 7) is 0. The monoisotopic (exact) mass is 482 g/mol. The van der Waals surface area contributed by atoms with E-state index < -0.39 is 18.1 Å². The second-order valence-corrected chi connectivity index (χ2v) is 8.55. The maximum Gasteiger partial charge on any atom is 0.266 e. The molecule has 0 aliphatic carbocycles. The molecular formula is C23H16BrClN2O3. The zero-order valence-electron chi connectivity index (χ0n) is 15.6. The van der Waals surface area contributed by atoms with Crippen molar-refractivity contribution in [3.05, 3.63) is 93.9 Å². The van der Waals surface area contributed by atoms with Crippen LogP contribution < -0.4 is 9.96 Å². The van der Waals surface area contributed by atoms with Gasteiger partial charge in [-0.25, -0.2) is 9.96 Å². The quantitative estimate of drug-likeness (QED) is 0.483. The number of hydrogen-bond donors (Lipinski definition) is 0. The van der Waals surface area contributed by atoms with Crippen molar-refractivity contribution in [2.24, 2.45) is 5.92 Å². The van der Waals surface area contributed by atoms with Gasteiger partial charge in [0.25, 0.3) is 5.91 Å². The number of carbonyl (C=O) groups is 2. The van der Waals surface area contributed by atoms with Crippen LogP contribution in [0.5, 0.6) is 0 Å². The number of rotatable bonds is 3. The summed E-state index contributed by atoms with van der Waals surface area (Å²) in [5.74, 6) is -1.30. The molecule has 150 valence electrons. The van der Waals surface area contributed by atoms with Gasteiger partial charge in [0.15, 0.2) is 6.10 Å². The molecule has 2 heterocycles. The van der Waals surface area contributed by atoms with Crippen LogP contribution in [-0.2, 0) is 14.4 Å². The summed E-state index contributed by atoms with van der Waals surface area (Å²) in [5, 5.41) is 2.23. The first-order valence-electron chi connectivity index (χ1n) is 9.44. The standard InChI is InChI=1S/C23H16BrClN2O3/c24-15-8-6-14(7-9-15)20-19-21(30-27(20)18-4-2-1-3-5-18)23(29)26(22(19)28)17-12-10-16(25)11-13-17/h1-13,19-21H/t19-,20-,21+/m0/s1. The average Bonchev–Trinajstić information content (AvgIpc) is 3.27. The summed E-state index contributed by atoms with van der Waals surface area (Å²) in [4.78, 5) is 34.0. The highest BCUT2D eigenvalue weighted by Gasteiger charge is 2.60. The smallest absolute Gasteiger partial charge is 0.266 e. The first-order valence-corrected chi connectivity index (χ1v) is 10.6. The molecule has 0 bridgehead atoms. The van der Waals surface area contributed by atoms with Crippen molar-refractivity contribution in [3.63, 3.8) is 0 Å². The Morgan fingerprint density at radius 1 is 0.800 bits per heavy atom. The van der Waals surface area contributed by atoms with Crippen LogP contribution in [-0.4, -0.2) is 17.9 Å². The van der Waals surface area contributed by atoms with Gasteiger partial charge in [0.05, 0.1) is 17.4 Å². The third kappa shape index (κ3) is 3.12. The van der Waals surface area contributed by atoms with E-state index in [-0.39, 0.29) is 11.8 Å². The van der Waals surface area contributed by atoms with Crippen molar-refractivity contribution < 1.29 is 14.4 Å². The summed E-state index contributed by atoms with van der Waals surface area (Å²) in [6, 6.07) is 23.5. The molecule has 2 aliphatic rings. The lowest BCUT2D eigenvalue weighted by atomic mass is 9.90. The van der Waals surface area contributed by atoms with Crippen LogP contribution in [0.1, 0.15) is 11.6 Å². The molecule has 2 fully saturated rings. The maximum absolute atomic E-state index is 13.5. The number of nitrogens with zero attached hydrogens (tertiary/aromatic N) is 2. The van der Waals surface area contributed by atoms with E-state index in [2.05, 4.69) is 15.9 Å². The van der Waals surface area contributed by atoms with Gasteiger partial charge in [-0.3, -0.25) is 14.4 Å². The van der Waals surface area contributed by atoms with Crippen molar-refractivity contribution in [1.29, 1.82) is 0 Å². The third-order valence-corrected chi connectivity index (χ3v) is 6.20. The van der Waals surface area contributed by atoms with Crippen molar-refractivity contribution >= 4 is 50.7 Å². The zero-order chi connectivity index (χ0) is 20.8. The molecule has 2 aliphatic heterocycles. The second kappa shape index (κ2) is 7.54. The average molecular weight is 484 g/mol. The Morgan fingerprint density at radius 3 is 2.13 bits per heavy atom. The molecule has 3 atom stereocenters. The fraction of sp³-hybridized carbons (Fsp3) is 0.130. The lowest BCUT2D eigenvalue weighted by Crippen LogP contribution is -2.37. The number of benzene rings is 3. The Balaban J connectivity index is 1.58. The fourth-order valence-corrected chi connectivity index (χ4v) is 4.45. The summed E-state index contributed by atoms with van der Waals surface area (Å²) in [6.07, 6.45) is -0.887. The molecule has 0 saturated carbocycles. The lowest BCUT2D eigenvalue weighted by Gasteiger charge is -2.28. The predicted molar refractivity (Wildman–Crippen MR) is 118 cm³/mol. The minimum absolute atomic E-state index is 0.279. The van der Waals surface area contributed by atoms with Crippen molar-refractivity contribution in [3.8, 4) is 0 Å². The SMILES string of the molecule is O=C1[C@@H]2[C@@H](ON(c3ccccc3)[C@H]2c2ccc(Br)cc2)C(=O)N1c1ccc(Cl)cc1. The van der Waals surface area contributed by atoms with E-state index in [1.165, 1.54) is 4.90 Å². The van der Waals surface area contributed by atoms with Gasteiger partial charge >= 0.3 is 0 Å². The molecule has 3 aromatic rings. The lowest BCUT2D eigenvalue weighted by molar-refractivity contribution is -0.126. The van der Waals surface area contributed by atoms with Gasteiger partial charge in [0.1, 0.15) is 5.92 Å². The minimum atomic E-state index is -0.887. The topological polar surface area (TPSA) is 49.9 Å². The van der Waals surface area contributed by atoms with Crippen molar-refractivity contribution in [1.82, 2.24) is 0 Å². The molecule has 5 nitrogen and oxygen atoms in total. The van der Waals surface area contributed by atoms with Crippen LogP contribution in [0.2, 0.25) is 5.02 Å². The third-order valence-electron chi connectivity index (χ3n) is 5.42. The number of carbonyl (C=O) groups excluding carboxylic acids is 2. The van der Waals surface area contributed by atoms with Crippen molar-refractivity contribution in [2.45, 2.75) is 12.1 Å². The first-order chi connectivity index (χ1) is 14.5. The molecular weight excluding hydrogens is 468 g/mol. The second-order valence-electron chi connectivity index (χ2n) is 7.20. The van der Waals surface area contributed by atoms with Gasteiger partial charge in [0, 0.05) is 9.50 Å². The highest BCUT2D eigenvalue weighted by atomic mass is 79.9. The van der Waals surface area contributed by atoms with Crippen LogP contribution in [0, 0.1) is 5.92 Å². The Bertz CT molecular complexity index is 1110. The van der Waals surface area contributed by atoms with E-state index in [9.17, 15) is 9.59 Å². The van der Waals surface area contributed by atoms with E-state index in [1.54, 1.807) is 29.3 Å². The molecule has 0 radical (unpaired) electrons. The Hall–Kier alpha value is -2.67. The molecule has 0 aromatic heterocycles. The Labute approximate surface area is 186 Å². The molecule has 0 spiro atoms. The summed E-state index contributed by atoms with van der Waals surface area (Å²) in [7, 11) is 0. The summed E-state index contributed by atoms with van der Waals surface area (Å²) >= 11 is 9.42. The zero-order valence-corrected chi connectivity index (χ0v) is 18.0. The number of fused-ring (bicyclic) bond motifs is 1. The van der Waals surface area contributed by atoms with Crippen LogP contribution >= 0.6 is 27.5 Å². The van der Waals surface area contributed by atoms with Gasteiger partial charge in [-0.15, -0.1) is 0 Å². The van der Waals surface area contributed by atoms with Gasteiger partial charge in [0.2, 0.25) is 5.91 Å². The van der Waals surface area contributed by atoms with Gasteiger partial charge < -0.3 is 0 Å². The molecule has 2 amide bonds. The molecule has 5 rings (SSSR count). The van der Waals surface area contributed by atoms with Crippen LogP contribution in [0.25, 0.3) is 0 Å². The van der Waals surface area contributed by atoms with Gasteiger partial charge in [-0.1, -0.05) is 57.9 Å². The Morgan fingerprint density at radius 2 is 1.47 bits per heavy atom. The minimum Gasteiger partial charge on any atom is -0.273 e. The van der Waals surface area contributed by atoms with Crippen LogP contribution in [0.4, 0.5) is 11.4 Å². The van der Waals surface area contributed by atoms with E-state index in [0.29, 0.717) is 10.7 Å². The molecule has 30 heavy (non-hydrogen) atoms. The van der Waals surface area contributed by atoms with E-state index in [0.717, 1.165) is 15.7 Å². The maximum atomic E-state index is 13.5. The largest absolute Gasteiger partial charge is 0.273 e. The first kappa shape index (κ1) is 19.3. The van der Waals surface area contributed by atoms with E-state index >= 15 is 0 Å². The Kier molecular flexibility index (Phi) is 4.85. The highest BCUT2D eigenvalue weighted by molar-refractivity contribution is 9.10. The fourth-order valence-electron chi connectivity index (χ4n) is 4.06. The number of hydrogen-bond acceptors (Lipinski definition) is 4. The van der Waals surface area contributed by atoms with Crippen molar-refractivity contribution in [2.75, 3.05) is 9.96 Å². The van der Waals surface area contributed by atoms with Crippen LogP contribution in [0.3, 0.4) is 0 Å². The summed E-state index contributed by atoms with van der Waals surface area (Å²) < 4.78 is 0.935. The number of imide groups is 1.